The van der Waals surface area contributed by atoms with Crippen molar-refractivity contribution in [1.29, 1.82) is 0 Å². The van der Waals surface area contributed by atoms with Crippen LogP contribution in [0.1, 0.15) is 24.1 Å². The molecular formula is C17H26N2O3. The summed E-state index contributed by atoms with van der Waals surface area (Å²) in [6.07, 6.45) is 0.504. The molecule has 0 radical (unpaired) electrons. The second-order valence-corrected chi connectivity index (χ2v) is 6.15. The van der Waals surface area contributed by atoms with Crippen LogP contribution in [0.5, 0.6) is 5.75 Å². The topological polar surface area (TPSA) is 56.2 Å². The lowest BCUT2D eigenvalue weighted by Gasteiger charge is -2.43. The van der Waals surface area contributed by atoms with E-state index >= 15 is 0 Å². The smallest absolute Gasteiger partial charge is 0.124 e. The molecule has 1 aromatic carbocycles. The summed E-state index contributed by atoms with van der Waals surface area (Å²) in [5.41, 5.74) is 2.40. The summed E-state index contributed by atoms with van der Waals surface area (Å²) < 4.78 is 5.70. The number of rotatable bonds is 4. The molecule has 5 heteroatoms. The molecule has 122 valence electrons. The molecular weight excluding hydrogens is 280 g/mol. The van der Waals surface area contributed by atoms with Crippen LogP contribution in [0.3, 0.4) is 0 Å². The third-order valence-corrected chi connectivity index (χ3v) is 4.79. The highest BCUT2D eigenvalue weighted by Gasteiger charge is 2.35. The molecule has 2 unspecified atom stereocenters. The largest absolute Gasteiger partial charge is 0.490 e. The van der Waals surface area contributed by atoms with Crippen LogP contribution in [-0.2, 0) is 6.42 Å². The summed E-state index contributed by atoms with van der Waals surface area (Å²) in [7, 11) is 0. The molecule has 2 N–H and O–H groups in total. The van der Waals surface area contributed by atoms with Gasteiger partial charge in [0.2, 0.25) is 0 Å². The highest BCUT2D eigenvalue weighted by molar-refractivity contribution is 5.41. The molecule has 2 atom stereocenters. The minimum Gasteiger partial charge on any atom is -0.490 e. The molecule has 1 saturated heterocycles. The van der Waals surface area contributed by atoms with Crippen molar-refractivity contribution in [1.82, 2.24) is 9.80 Å². The van der Waals surface area contributed by atoms with E-state index in [1.807, 2.05) is 6.07 Å². The van der Waals surface area contributed by atoms with Crippen LogP contribution in [0, 0.1) is 0 Å². The van der Waals surface area contributed by atoms with Crippen LogP contribution in [-0.4, -0.2) is 72.1 Å². The number of piperazine rings is 1. The minimum atomic E-state index is -0.482. The molecule has 0 bridgehead atoms. The summed E-state index contributed by atoms with van der Waals surface area (Å²) in [4.78, 5) is 4.63. The quantitative estimate of drug-likeness (QED) is 0.855. The second-order valence-electron chi connectivity index (χ2n) is 6.15. The van der Waals surface area contributed by atoms with E-state index in [2.05, 4.69) is 28.9 Å². The maximum atomic E-state index is 10.5. The van der Waals surface area contributed by atoms with Crippen LogP contribution in [0.25, 0.3) is 0 Å². The molecule has 22 heavy (non-hydrogen) atoms. The van der Waals surface area contributed by atoms with Crippen LogP contribution in [0.15, 0.2) is 18.2 Å². The number of aliphatic hydroxyl groups is 2. The fraction of sp³-hybridized carbons (Fsp3) is 0.647. The Morgan fingerprint density at radius 1 is 1.23 bits per heavy atom. The lowest BCUT2D eigenvalue weighted by atomic mass is 9.93. The second kappa shape index (κ2) is 6.96. The van der Waals surface area contributed by atoms with Gasteiger partial charge in [-0.05, 0) is 18.1 Å². The van der Waals surface area contributed by atoms with Crippen molar-refractivity contribution >= 4 is 0 Å². The zero-order valence-electron chi connectivity index (χ0n) is 13.2. The number of β-amino-alcohol motifs (C(OH)–C–C–N with tert-alkyl or cyclic N) is 1. The fourth-order valence-electron chi connectivity index (χ4n) is 3.50. The number of hydrogen-bond donors (Lipinski definition) is 2. The maximum absolute atomic E-state index is 10.5. The van der Waals surface area contributed by atoms with Crippen LogP contribution < -0.4 is 4.74 Å². The average Bonchev–Trinajstić information content (AvgIpc) is 2.55. The van der Waals surface area contributed by atoms with Gasteiger partial charge < -0.3 is 14.9 Å². The van der Waals surface area contributed by atoms with E-state index in [0.29, 0.717) is 6.61 Å². The maximum Gasteiger partial charge on any atom is 0.124 e. The van der Waals surface area contributed by atoms with Crippen molar-refractivity contribution in [3.05, 3.63) is 29.3 Å². The SMILES string of the molecule is CCc1ccc2c(c1)C(N1CCN(CCO)CC1)C(O)CO2. The number of benzene rings is 1. The average molecular weight is 306 g/mol. The molecule has 1 fully saturated rings. The van der Waals surface area contributed by atoms with E-state index in [0.717, 1.165) is 50.5 Å². The van der Waals surface area contributed by atoms with Gasteiger partial charge in [-0.25, -0.2) is 0 Å². The molecule has 3 rings (SSSR count). The minimum absolute atomic E-state index is 0.0199. The number of fused-ring (bicyclic) bond motifs is 1. The van der Waals surface area contributed by atoms with Gasteiger partial charge in [0, 0.05) is 38.3 Å². The Kier molecular flexibility index (Phi) is 4.98. The molecule has 2 aliphatic heterocycles. The van der Waals surface area contributed by atoms with E-state index < -0.39 is 6.10 Å². The lowest BCUT2D eigenvalue weighted by molar-refractivity contribution is -0.0194. The third-order valence-electron chi connectivity index (χ3n) is 4.79. The standard InChI is InChI=1S/C17H26N2O3/c1-2-13-3-4-16-14(11-13)17(15(21)12-22-16)19-7-5-18(6-8-19)9-10-20/h3-4,11,15,17,20-21H,2,5-10,12H2,1H3. The number of ether oxygens (including phenoxy) is 1. The van der Waals surface area contributed by atoms with Crippen molar-refractivity contribution < 1.29 is 14.9 Å². The molecule has 1 aromatic rings. The Hall–Kier alpha value is -1.14. The molecule has 5 nitrogen and oxygen atoms in total. The van der Waals surface area contributed by atoms with Gasteiger partial charge in [0.1, 0.15) is 18.5 Å². The van der Waals surface area contributed by atoms with Gasteiger partial charge in [-0.15, -0.1) is 0 Å². The summed E-state index contributed by atoms with van der Waals surface area (Å²) >= 11 is 0. The first-order chi connectivity index (χ1) is 10.7. The van der Waals surface area contributed by atoms with Crippen molar-refractivity contribution in [3.8, 4) is 5.75 Å². The number of hydrogen-bond acceptors (Lipinski definition) is 5. The van der Waals surface area contributed by atoms with E-state index in [9.17, 15) is 5.11 Å². The van der Waals surface area contributed by atoms with Gasteiger partial charge in [0.25, 0.3) is 0 Å². The van der Waals surface area contributed by atoms with Gasteiger partial charge in [-0.3, -0.25) is 9.80 Å². The van der Waals surface area contributed by atoms with E-state index in [4.69, 9.17) is 9.84 Å². The van der Waals surface area contributed by atoms with Crippen molar-refractivity contribution in [2.75, 3.05) is 45.9 Å². The number of aryl methyl sites for hydroxylation is 1. The Morgan fingerprint density at radius 2 is 2.00 bits per heavy atom. The summed E-state index contributed by atoms with van der Waals surface area (Å²) in [6.45, 7) is 7.16. The van der Waals surface area contributed by atoms with Crippen LogP contribution in [0.4, 0.5) is 0 Å². The number of nitrogens with zero attached hydrogens (tertiary/aromatic N) is 2. The van der Waals surface area contributed by atoms with Gasteiger partial charge in [-0.1, -0.05) is 19.1 Å². The normalized spacial score (nSPS) is 26.5. The first kappa shape index (κ1) is 15.7. The molecule has 2 heterocycles. The monoisotopic (exact) mass is 306 g/mol. The van der Waals surface area contributed by atoms with Gasteiger partial charge in [0.05, 0.1) is 12.6 Å². The fourth-order valence-corrected chi connectivity index (χ4v) is 3.50. The Balaban J connectivity index is 1.79. The van der Waals surface area contributed by atoms with Crippen molar-refractivity contribution in [3.63, 3.8) is 0 Å². The highest BCUT2D eigenvalue weighted by atomic mass is 16.5. The van der Waals surface area contributed by atoms with E-state index in [-0.39, 0.29) is 12.6 Å². The zero-order chi connectivity index (χ0) is 15.5. The molecule has 0 aromatic heterocycles. The third kappa shape index (κ3) is 3.13. The van der Waals surface area contributed by atoms with Gasteiger partial charge in [-0.2, -0.15) is 0 Å². The van der Waals surface area contributed by atoms with E-state index in [1.165, 1.54) is 5.56 Å². The van der Waals surface area contributed by atoms with Gasteiger partial charge >= 0.3 is 0 Å². The molecule has 0 spiro atoms. The lowest BCUT2D eigenvalue weighted by Crippen LogP contribution is -2.52. The van der Waals surface area contributed by atoms with Crippen molar-refractivity contribution in [2.24, 2.45) is 0 Å². The highest BCUT2D eigenvalue weighted by Crippen LogP contribution is 2.37. The number of aliphatic hydroxyl groups excluding tert-OH is 2. The van der Waals surface area contributed by atoms with Gasteiger partial charge in [0.15, 0.2) is 0 Å². The molecule has 0 amide bonds. The molecule has 0 saturated carbocycles. The zero-order valence-corrected chi connectivity index (χ0v) is 13.2. The molecule has 0 aliphatic carbocycles. The Bertz CT molecular complexity index is 501. The first-order valence-corrected chi connectivity index (χ1v) is 8.24. The summed E-state index contributed by atoms with van der Waals surface area (Å²) in [5, 5.41) is 19.5. The predicted octanol–water partition coefficient (Wildman–Crippen LogP) is 0.653. The first-order valence-electron chi connectivity index (χ1n) is 8.24. The Morgan fingerprint density at radius 3 is 2.68 bits per heavy atom. The molecule has 2 aliphatic rings. The van der Waals surface area contributed by atoms with Crippen LogP contribution >= 0.6 is 0 Å². The van der Waals surface area contributed by atoms with E-state index in [1.54, 1.807) is 0 Å². The van der Waals surface area contributed by atoms with Crippen molar-refractivity contribution in [2.45, 2.75) is 25.5 Å². The Labute approximate surface area is 132 Å². The summed E-state index contributed by atoms with van der Waals surface area (Å²) in [5.74, 6) is 0.908. The predicted molar refractivity (Wildman–Crippen MR) is 85.2 cm³/mol. The van der Waals surface area contributed by atoms with Crippen LogP contribution in [0.2, 0.25) is 0 Å². The summed E-state index contributed by atoms with van der Waals surface area (Å²) in [6, 6.07) is 6.34.